The minimum atomic E-state index is -0.241. The largest absolute Gasteiger partial charge is 0.496 e. The summed E-state index contributed by atoms with van der Waals surface area (Å²) in [5.74, 6) is 0.421. The Bertz CT molecular complexity index is 677. The van der Waals surface area contributed by atoms with E-state index in [0.717, 1.165) is 17.7 Å². The first-order valence-electron chi connectivity index (χ1n) is 6.77. The van der Waals surface area contributed by atoms with Gasteiger partial charge in [-0.05, 0) is 42.4 Å². The van der Waals surface area contributed by atoms with Gasteiger partial charge in [-0.25, -0.2) is 4.39 Å². The fourth-order valence-corrected chi connectivity index (χ4v) is 2.14. The average Bonchev–Trinajstić information content (AvgIpc) is 2.53. The number of methoxy groups -OCH3 is 1. The summed E-state index contributed by atoms with van der Waals surface area (Å²) >= 11 is 0. The molecule has 0 amide bonds. The molecular formula is C17H17FN2O. The third-order valence-corrected chi connectivity index (χ3v) is 3.25. The van der Waals surface area contributed by atoms with E-state index in [4.69, 9.17) is 10.00 Å². The van der Waals surface area contributed by atoms with Crippen molar-refractivity contribution in [2.45, 2.75) is 13.5 Å². The van der Waals surface area contributed by atoms with Gasteiger partial charge in [-0.1, -0.05) is 13.0 Å². The molecule has 0 spiro atoms. The number of ether oxygens (including phenoxy) is 1. The Balaban J connectivity index is 2.48. The van der Waals surface area contributed by atoms with Crippen LogP contribution in [-0.4, -0.2) is 13.7 Å². The zero-order valence-electron chi connectivity index (χ0n) is 12.1. The smallest absolute Gasteiger partial charge is 0.127 e. The van der Waals surface area contributed by atoms with Gasteiger partial charge in [0.25, 0.3) is 0 Å². The van der Waals surface area contributed by atoms with E-state index in [1.165, 1.54) is 6.07 Å². The van der Waals surface area contributed by atoms with Crippen LogP contribution in [0.15, 0.2) is 36.4 Å². The molecule has 2 rings (SSSR count). The van der Waals surface area contributed by atoms with Crippen molar-refractivity contribution in [3.63, 3.8) is 0 Å². The van der Waals surface area contributed by atoms with Crippen molar-refractivity contribution in [3.05, 3.63) is 53.3 Å². The minimum absolute atomic E-state index is 0.241. The van der Waals surface area contributed by atoms with Crippen molar-refractivity contribution in [2.75, 3.05) is 13.7 Å². The molecule has 4 heteroatoms. The fourth-order valence-electron chi connectivity index (χ4n) is 2.14. The second-order valence-electron chi connectivity index (χ2n) is 4.61. The standard InChI is InChI=1S/C17H17FN2O/c1-3-20-11-14-9-13(5-6-16(14)18)15-8-12(10-19)4-7-17(15)21-2/h4-9,20H,3,11H2,1-2H3. The Morgan fingerprint density at radius 3 is 2.71 bits per heavy atom. The monoisotopic (exact) mass is 284 g/mol. The molecule has 0 heterocycles. The van der Waals surface area contributed by atoms with Crippen LogP contribution >= 0.6 is 0 Å². The van der Waals surface area contributed by atoms with Crippen LogP contribution in [0.2, 0.25) is 0 Å². The Kier molecular flexibility index (Phi) is 4.91. The van der Waals surface area contributed by atoms with Gasteiger partial charge in [-0.2, -0.15) is 5.26 Å². The van der Waals surface area contributed by atoms with E-state index in [2.05, 4.69) is 11.4 Å². The molecule has 0 aliphatic carbocycles. The van der Waals surface area contributed by atoms with Gasteiger partial charge >= 0.3 is 0 Å². The van der Waals surface area contributed by atoms with E-state index < -0.39 is 0 Å². The highest BCUT2D eigenvalue weighted by atomic mass is 19.1. The molecule has 2 aromatic carbocycles. The third-order valence-electron chi connectivity index (χ3n) is 3.25. The van der Waals surface area contributed by atoms with Gasteiger partial charge in [0.1, 0.15) is 11.6 Å². The zero-order chi connectivity index (χ0) is 15.2. The molecule has 21 heavy (non-hydrogen) atoms. The number of benzene rings is 2. The lowest BCUT2D eigenvalue weighted by atomic mass is 10.00. The first-order valence-corrected chi connectivity index (χ1v) is 6.77. The highest BCUT2D eigenvalue weighted by Crippen LogP contribution is 2.31. The average molecular weight is 284 g/mol. The molecule has 0 saturated carbocycles. The molecule has 0 atom stereocenters. The van der Waals surface area contributed by atoms with Crippen LogP contribution < -0.4 is 10.1 Å². The van der Waals surface area contributed by atoms with Crippen LogP contribution in [-0.2, 0) is 6.54 Å². The molecule has 0 bridgehead atoms. The molecule has 1 N–H and O–H groups in total. The first kappa shape index (κ1) is 15.0. The number of halogens is 1. The lowest BCUT2D eigenvalue weighted by Gasteiger charge is -2.11. The predicted molar refractivity (Wildman–Crippen MR) is 80.5 cm³/mol. The highest BCUT2D eigenvalue weighted by Gasteiger charge is 2.10. The second-order valence-corrected chi connectivity index (χ2v) is 4.61. The predicted octanol–water partition coefficient (Wildman–Crippen LogP) is 3.48. The number of hydrogen-bond acceptors (Lipinski definition) is 3. The third kappa shape index (κ3) is 3.39. The lowest BCUT2D eigenvalue weighted by molar-refractivity contribution is 0.416. The van der Waals surface area contributed by atoms with E-state index in [-0.39, 0.29) is 5.82 Å². The summed E-state index contributed by atoms with van der Waals surface area (Å²) in [7, 11) is 1.58. The minimum Gasteiger partial charge on any atom is -0.496 e. The number of nitriles is 1. The van der Waals surface area contributed by atoms with Crippen LogP contribution in [0.4, 0.5) is 4.39 Å². The highest BCUT2D eigenvalue weighted by molar-refractivity contribution is 5.72. The topological polar surface area (TPSA) is 45.0 Å². The fraction of sp³-hybridized carbons (Fsp3) is 0.235. The molecule has 0 saturated heterocycles. The summed E-state index contributed by atoms with van der Waals surface area (Å²) < 4.78 is 19.1. The van der Waals surface area contributed by atoms with Gasteiger partial charge in [-0.3, -0.25) is 0 Å². The van der Waals surface area contributed by atoms with Crippen molar-refractivity contribution >= 4 is 0 Å². The normalized spacial score (nSPS) is 10.2. The maximum absolute atomic E-state index is 13.8. The Hall–Kier alpha value is -2.38. The van der Waals surface area contributed by atoms with Crippen molar-refractivity contribution in [1.29, 1.82) is 5.26 Å². The molecule has 108 valence electrons. The quantitative estimate of drug-likeness (QED) is 0.914. The van der Waals surface area contributed by atoms with Gasteiger partial charge in [0, 0.05) is 17.7 Å². The van der Waals surface area contributed by atoms with Crippen LogP contribution in [0.25, 0.3) is 11.1 Å². The van der Waals surface area contributed by atoms with E-state index in [9.17, 15) is 4.39 Å². The Labute approximate surface area is 124 Å². The summed E-state index contributed by atoms with van der Waals surface area (Å²) in [5, 5.41) is 12.1. The van der Waals surface area contributed by atoms with Crippen molar-refractivity contribution < 1.29 is 9.13 Å². The zero-order valence-corrected chi connectivity index (χ0v) is 12.1. The van der Waals surface area contributed by atoms with E-state index in [1.54, 1.807) is 37.4 Å². The summed E-state index contributed by atoms with van der Waals surface area (Å²) in [6.07, 6.45) is 0. The number of nitrogens with zero attached hydrogens (tertiary/aromatic N) is 1. The molecular weight excluding hydrogens is 267 g/mol. The maximum atomic E-state index is 13.8. The van der Waals surface area contributed by atoms with Crippen LogP contribution in [0.3, 0.4) is 0 Å². The van der Waals surface area contributed by atoms with Crippen LogP contribution in [0, 0.1) is 17.1 Å². The van der Waals surface area contributed by atoms with Gasteiger partial charge in [-0.15, -0.1) is 0 Å². The van der Waals surface area contributed by atoms with Gasteiger partial charge in [0.05, 0.1) is 18.7 Å². The van der Waals surface area contributed by atoms with Crippen molar-refractivity contribution in [2.24, 2.45) is 0 Å². The number of rotatable bonds is 5. The van der Waals surface area contributed by atoms with Crippen molar-refractivity contribution in [3.8, 4) is 22.9 Å². The molecule has 0 aliphatic heterocycles. The number of hydrogen-bond donors (Lipinski definition) is 1. The molecule has 0 aliphatic rings. The summed E-state index contributed by atoms with van der Waals surface area (Å²) in [5.41, 5.74) is 2.76. The van der Waals surface area contributed by atoms with Crippen LogP contribution in [0.5, 0.6) is 5.75 Å². The SMILES string of the molecule is CCNCc1cc(-c2cc(C#N)ccc2OC)ccc1F. The molecule has 0 fully saturated rings. The van der Waals surface area contributed by atoms with E-state index in [1.807, 2.05) is 6.92 Å². The molecule has 3 nitrogen and oxygen atoms in total. The van der Waals surface area contributed by atoms with Crippen LogP contribution in [0.1, 0.15) is 18.1 Å². The maximum Gasteiger partial charge on any atom is 0.127 e. The van der Waals surface area contributed by atoms with Gasteiger partial charge in [0.15, 0.2) is 0 Å². The Morgan fingerprint density at radius 2 is 2.05 bits per heavy atom. The molecule has 2 aromatic rings. The van der Waals surface area contributed by atoms with Gasteiger partial charge < -0.3 is 10.1 Å². The Morgan fingerprint density at radius 1 is 1.24 bits per heavy atom. The molecule has 0 radical (unpaired) electrons. The van der Waals surface area contributed by atoms with E-state index >= 15 is 0 Å². The molecule has 0 unspecified atom stereocenters. The first-order chi connectivity index (χ1) is 10.2. The summed E-state index contributed by atoms with van der Waals surface area (Å²) in [4.78, 5) is 0. The lowest BCUT2D eigenvalue weighted by Crippen LogP contribution is -2.13. The number of nitrogens with one attached hydrogen (secondary N) is 1. The van der Waals surface area contributed by atoms with E-state index in [0.29, 0.717) is 23.4 Å². The van der Waals surface area contributed by atoms with Gasteiger partial charge in [0.2, 0.25) is 0 Å². The second kappa shape index (κ2) is 6.87. The summed E-state index contributed by atoms with van der Waals surface area (Å²) in [6.45, 7) is 3.22. The summed E-state index contributed by atoms with van der Waals surface area (Å²) in [6, 6.07) is 12.2. The molecule has 0 aromatic heterocycles. The van der Waals surface area contributed by atoms with Crippen molar-refractivity contribution in [1.82, 2.24) is 5.32 Å².